The fourth-order valence-electron chi connectivity index (χ4n) is 1.91. The maximum atomic E-state index is 4.39. The van der Waals surface area contributed by atoms with Crippen molar-refractivity contribution in [1.82, 2.24) is 5.32 Å². The summed E-state index contributed by atoms with van der Waals surface area (Å²) in [6, 6.07) is 0.752. The number of hydrogen-bond donors (Lipinski definition) is 1. The summed E-state index contributed by atoms with van der Waals surface area (Å²) in [6.45, 7) is 3.36. The van der Waals surface area contributed by atoms with E-state index in [1.54, 1.807) is 0 Å². The van der Waals surface area contributed by atoms with Gasteiger partial charge in [-0.05, 0) is 25.2 Å². The van der Waals surface area contributed by atoms with Gasteiger partial charge in [-0.3, -0.25) is 4.99 Å². The fourth-order valence-corrected chi connectivity index (χ4v) is 1.91. The third-order valence-corrected chi connectivity index (χ3v) is 2.62. The molecule has 1 saturated carbocycles. The van der Waals surface area contributed by atoms with Gasteiger partial charge in [-0.25, -0.2) is 0 Å². The standard InChI is InChI=1S/C9H16N2/c1-7-5-8(6-7)11-9-3-2-4-10-9/h7-8H,2-6H2,1H3,(H,10,11). The molecule has 1 N–H and O–H groups in total. The first-order valence-electron chi connectivity index (χ1n) is 4.64. The van der Waals surface area contributed by atoms with Crippen LogP contribution in [0.15, 0.2) is 4.99 Å². The summed E-state index contributed by atoms with van der Waals surface area (Å²) in [5.74, 6) is 2.21. The zero-order valence-corrected chi connectivity index (χ0v) is 7.14. The molecule has 1 aliphatic carbocycles. The Bertz CT molecular complexity index is 168. The van der Waals surface area contributed by atoms with Crippen LogP contribution in [0.1, 0.15) is 32.6 Å². The highest BCUT2D eigenvalue weighted by Gasteiger charge is 2.26. The van der Waals surface area contributed by atoms with E-state index in [-0.39, 0.29) is 0 Å². The van der Waals surface area contributed by atoms with Crippen molar-refractivity contribution in [2.24, 2.45) is 10.9 Å². The molecule has 0 aromatic rings. The third kappa shape index (κ3) is 1.55. The van der Waals surface area contributed by atoms with Crippen molar-refractivity contribution in [3.8, 4) is 0 Å². The van der Waals surface area contributed by atoms with E-state index in [4.69, 9.17) is 0 Å². The van der Waals surface area contributed by atoms with Gasteiger partial charge in [0.15, 0.2) is 0 Å². The van der Waals surface area contributed by atoms with Gasteiger partial charge in [0, 0.05) is 19.0 Å². The molecule has 2 nitrogen and oxygen atoms in total. The minimum atomic E-state index is 0.752. The number of rotatable bonds is 1. The van der Waals surface area contributed by atoms with Crippen LogP contribution >= 0.6 is 0 Å². The molecular formula is C9H16N2. The zero-order chi connectivity index (χ0) is 7.68. The van der Waals surface area contributed by atoms with Crippen molar-refractivity contribution in [2.45, 2.75) is 38.6 Å². The quantitative estimate of drug-likeness (QED) is 0.606. The maximum Gasteiger partial charge on any atom is 0.0965 e. The molecule has 0 saturated heterocycles. The summed E-state index contributed by atoms with van der Waals surface area (Å²) < 4.78 is 0. The number of nitrogens with one attached hydrogen (secondary N) is 1. The first-order valence-corrected chi connectivity index (χ1v) is 4.64. The highest BCUT2D eigenvalue weighted by molar-refractivity contribution is 5.83. The van der Waals surface area contributed by atoms with Crippen LogP contribution in [0.4, 0.5) is 0 Å². The van der Waals surface area contributed by atoms with Crippen molar-refractivity contribution >= 4 is 5.84 Å². The molecule has 11 heavy (non-hydrogen) atoms. The van der Waals surface area contributed by atoms with Gasteiger partial charge in [0.2, 0.25) is 0 Å². The highest BCUT2D eigenvalue weighted by Crippen LogP contribution is 2.26. The Hall–Kier alpha value is -0.530. The first-order chi connectivity index (χ1) is 5.34. The topological polar surface area (TPSA) is 24.4 Å². The normalized spacial score (nSPS) is 36.3. The van der Waals surface area contributed by atoms with Crippen LogP contribution in [0.5, 0.6) is 0 Å². The smallest absolute Gasteiger partial charge is 0.0965 e. The Balaban J connectivity index is 1.74. The second kappa shape index (κ2) is 2.84. The molecule has 2 rings (SSSR count). The SMILES string of the molecule is CC1CC(NC2=NCCC2)C1. The van der Waals surface area contributed by atoms with E-state index in [1.807, 2.05) is 0 Å². The number of nitrogens with zero attached hydrogens (tertiary/aromatic N) is 1. The number of hydrogen-bond acceptors (Lipinski definition) is 2. The van der Waals surface area contributed by atoms with Crippen molar-refractivity contribution in [3.05, 3.63) is 0 Å². The second-order valence-corrected chi connectivity index (χ2v) is 3.85. The van der Waals surface area contributed by atoms with E-state index < -0.39 is 0 Å². The monoisotopic (exact) mass is 152 g/mol. The maximum absolute atomic E-state index is 4.39. The minimum absolute atomic E-state index is 0.752. The number of amidine groups is 1. The molecule has 62 valence electrons. The van der Waals surface area contributed by atoms with E-state index in [9.17, 15) is 0 Å². The zero-order valence-electron chi connectivity index (χ0n) is 7.14. The predicted molar refractivity (Wildman–Crippen MR) is 46.9 cm³/mol. The van der Waals surface area contributed by atoms with E-state index in [1.165, 1.54) is 31.5 Å². The average molecular weight is 152 g/mol. The molecule has 0 unspecified atom stereocenters. The summed E-state index contributed by atoms with van der Waals surface area (Å²) >= 11 is 0. The summed E-state index contributed by atoms with van der Waals surface area (Å²) in [7, 11) is 0. The lowest BCUT2D eigenvalue weighted by Crippen LogP contribution is -2.42. The Morgan fingerprint density at radius 3 is 2.82 bits per heavy atom. The highest BCUT2D eigenvalue weighted by atomic mass is 15.0. The average Bonchev–Trinajstić information content (AvgIpc) is 2.36. The third-order valence-electron chi connectivity index (χ3n) is 2.62. The molecule has 2 heteroatoms. The molecular weight excluding hydrogens is 136 g/mol. The van der Waals surface area contributed by atoms with Gasteiger partial charge in [0.05, 0.1) is 5.84 Å². The Morgan fingerprint density at radius 2 is 2.27 bits per heavy atom. The Labute approximate surface area is 68.1 Å². The van der Waals surface area contributed by atoms with Gasteiger partial charge in [-0.15, -0.1) is 0 Å². The lowest BCUT2D eigenvalue weighted by Gasteiger charge is -2.33. The second-order valence-electron chi connectivity index (χ2n) is 3.85. The lowest BCUT2D eigenvalue weighted by molar-refractivity contribution is 0.267. The van der Waals surface area contributed by atoms with Gasteiger partial charge in [0.25, 0.3) is 0 Å². The van der Waals surface area contributed by atoms with Crippen molar-refractivity contribution in [1.29, 1.82) is 0 Å². The number of aliphatic imine (C=N–C) groups is 1. The van der Waals surface area contributed by atoms with Crippen molar-refractivity contribution < 1.29 is 0 Å². The molecule has 1 heterocycles. The van der Waals surface area contributed by atoms with Crippen LogP contribution in [0, 0.1) is 5.92 Å². The molecule has 0 radical (unpaired) electrons. The van der Waals surface area contributed by atoms with Crippen LogP contribution in [-0.2, 0) is 0 Å². The molecule has 2 aliphatic rings. The van der Waals surface area contributed by atoms with Crippen LogP contribution in [-0.4, -0.2) is 18.4 Å². The van der Waals surface area contributed by atoms with Crippen LogP contribution in [0.2, 0.25) is 0 Å². The van der Waals surface area contributed by atoms with E-state index in [0.29, 0.717) is 0 Å². The molecule has 1 fully saturated rings. The minimum Gasteiger partial charge on any atom is -0.371 e. The summed E-state index contributed by atoms with van der Waals surface area (Å²) in [4.78, 5) is 4.39. The largest absolute Gasteiger partial charge is 0.371 e. The Kier molecular flexibility index (Phi) is 1.84. The van der Waals surface area contributed by atoms with Crippen molar-refractivity contribution in [3.63, 3.8) is 0 Å². The molecule has 0 aromatic carbocycles. The fraction of sp³-hybridized carbons (Fsp3) is 0.889. The molecule has 1 aliphatic heterocycles. The van der Waals surface area contributed by atoms with Crippen molar-refractivity contribution in [2.75, 3.05) is 6.54 Å². The summed E-state index contributed by atoms with van der Waals surface area (Å²) in [6.07, 6.45) is 5.13. The molecule has 0 bridgehead atoms. The van der Waals surface area contributed by atoms with E-state index in [2.05, 4.69) is 17.2 Å². The summed E-state index contributed by atoms with van der Waals surface area (Å²) in [5, 5.41) is 3.50. The van der Waals surface area contributed by atoms with Gasteiger partial charge >= 0.3 is 0 Å². The first kappa shape index (κ1) is 7.14. The van der Waals surface area contributed by atoms with Gasteiger partial charge in [0.1, 0.15) is 0 Å². The van der Waals surface area contributed by atoms with Crippen LogP contribution < -0.4 is 5.32 Å². The Morgan fingerprint density at radius 1 is 1.45 bits per heavy atom. The van der Waals surface area contributed by atoms with Gasteiger partial charge < -0.3 is 5.32 Å². The van der Waals surface area contributed by atoms with Crippen LogP contribution in [0.3, 0.4) is 0 Å². The predicted octanol–water partition coefficient (Wildman–Crippen LogP) is 1.57. The van der Waals surface area contributed by atoms with Gasteiger partial charge in [-0.1, -0.05) is 6.92 Å². The molecule has 0 amide bonds. The lowest BCUT2D eigenvalue weighted by atomic mass is 9.82. The summed E-state index contributed by atoms with van der Waals surface area (Å²) in [5.41, 5.74) is 0. The molecule has 0 atom stereocenters. The molecule has 0 spiro atoms. The van der Waals surface area contributed by atoms with Crippen LogP contribution in [0.25, 0.3) is 0 Å². The molecule has 0 aromatic heterocycles. The van der Waals surface area contributed by atoms with E-state index >= 15 is 0 Å². The van der Waals surface area contributed by atoms with Gasteiger partial charge in [-0.2, -0.15) is 0 Å². The van der Waals surface area contributed by atoms with E-state index in [0.717, 1.165) is 18.5 Å².